The van der Waals surface area contributed by atoms with E-state index in [2.05, 4.69) is 10.4 Å². The summed E-state index contributed by atoms with van der Waals surface area (Å²) < 4.78 is 63.1. The summed E-state index contributed by atoms with van der Waals surface area (Å²) in [4.78, 5) is 17.5. The summed E-state index contributed by atoms with van der Waals surface area (Å²) in [5, 5.41) is 12.5. The predicted molar refractivity (Wildman–Crippen MR) is 127 cm³/mol. The monoisotopic (exact) mass is 517 g/mol. The zero-order chi connectivity index (χ0) is 25.8. The van der Waals surface area contributed by atoms with Gasteiger partial charge in [0.1, 0.15) is 23.1 Å². The Labute approximate surface area is 206 Å². The van der Waals surface area contributed by atoms with E-state index in [0.29, 0.717) is 36.7 Å². The fourth-order valence-corrected chi connectivity index (χ4v) is 5.54. The highest BCUT2D eigenvalue weighted by molar-refractivity contribution is 7.21. The average molecular weight is 518 g/mol. The minimum Gasteiger partial charge on any atom is -0.489 e. The second-order valence-corrected chi connectivity index (χ2v) is 9.70. The molecule has 2 aromatic carbocycles. The molecule has 1 aliphatic heterocycles. The van der Waals surface area contributed by atoms with Gasteiger partial charge in [0.25, 0.3) is 5.91 Å². The van der Waals surface area contributed by atoms with Gasteiger partial charge in [-0.05, 0) is 32.0 Å². The molecule has 1 amide bonds. The number of thiophene rings is 1. The van der Waals surface area contributed by atoms with Crippen LogP contribution in [0.1, 0.15) is 29.1 Å². The summed E-state index contributed by atoms with van der Waals surface area (Å²) in [7, 11) is 0. The lowest BCUT2D eigenvalue weighted by Crippen LogP contribution is -2.46. The first-order valence-electron chi connectivity index (χ1n) is 10.9. The number of carbonyl (C=O) groups is 1. The number of fused-ring (bicyclic) bond motifs is 2. The molecule has 186 valence electrons. The molecule has 2 N–H and O–H groups in total. The first kappa shape index (κ1) is 24.0. The number of hydrazine groups is 1. The summed E-state index contributed by atoms with van der Waals surface area (Å²) in [6.07, 6.45) is 0.766. The second-order valence-electron chi connectivity index (χ2n) is 8.68. The van der Waals surface area contributed by atoms with Gasteiger partial charge in [0, 0.05) is 22.8 Å². The van der Waals surface area contributed by atoms with Gasteiger partial charge >= 0.3 is 0 Å². The quantitative estimate of drug-likeness (QED) is 0.284. The molecule has 6 nitrogen and oxygen atoms in total. The topological polar surface area (TPSA) is 74.7 Å². The SMILES string of the molecule is CC(C)(O)c1c(C(=O)NN2CCOc3ccccc32)sc2c(-c3cc(F)cc(F)c3F)c(F)cnc12. The molecular weight excluding hydrogens is 498 g/mol. The number of benzene rings is 2. The number of pyridine rings is 1. The van der Waals surface area contributed by atoms with Crippen molar-refractivity contribution < 1.29 is 32.2 Å². The Bertz CT molecular complexity index is 1520. The van der Waals surface area contributed by atoms with Gasteiger partial charge in [-0.1, -0.05) is 12.1 Å². The summed E-state index contributed by atoms with van der Waals surface area (Å²) in [6, 6.07) is 8.10. The smallest absolute Gasteiger partial charge is 0.280 e. The number of carbonyl (C=O) groups excluding carboxylic acids is 1. The molecule has 2 aromatic heterocycles. The van der Waals surface area contributed by atoms with Gasteiger partial charge in [0.05, 0.1) is 34.2 Å². The molecule has 0 radical (unpaired) electrons. The lowest BCUT2D eigenvalue weighted by molar-refractivity contribution is 0.0765. The van der Waals surface area contributed by atoms with Gasteiger partial charge in [0.15, 0.2) is 17.5 Å². The molecule has 1 aliphatic rings. The zero-order valence-electron chi connectivity index (χ0n) is 19.0. The number of hydrogen-bond acceptors (Lipinski definition) is 6. The van der Waals surface area contributed by atoms with Crippen molar-refractivity contribution in [1.82, 2.24) is 10.4 Å². The number of anilines is 1. The highest BCUT2D eigenvalue weighted by Gasteiger charge is 2.33. The Hall–Kier alpha value is -3.70. The van der Waals surface area contributed by atoms with Crippen molar-refractivity contribution >= 4 is 33.1 Å². The Balaban J connectivity index is 1.68. The predicted octanol–water partition coefficient (Wildman–Crippen LogP) is 5.29. The van der Waals surface area contributed by atoms with Crippen LogP contribution in [-0.4, -0.2) is 29.1 Å². The van der Waals surface area contributed by atoms with E-state index in [4.69, 9.17) is 4.74 Å². The van der Waals surface area contributed by atoms with Gasteiger partial charge in [-0.25, -0.2) is 17.6 Å². The first-order chi connectivity index (χ1) is 17.1. The van der Waals surface area contributed by atoms with E-state index in [0.717, 1.165) is 17.5 Å². The third-order valence-electron chi connectivity index (χ3n) is 5.70. The molecule has 0 fully saturated rings. The Morgan fingerprint density at radius 2 is 1.92 bits per heavy atom. The fourth-order valence-electron chi connectivity index (χ4n) is 4.18. The molecule has 0 atom stereocenters. The third kappa shape index (κ3) is 4.03. The number of halogens is 4. The minimum absolute atomic E-state index is 0.0143. The number of aromatic nitrogens is 1. The van der Waals surface area contributed by atoms with Gasteiger partial charge in [-0.3, -0.25) is 20.2 Å². The Kier molecular flexibility index (Phi) is 5.84. The van der Waals surface area contributed by atoms with E-state index in [1.807, 2.05) is 0 Å². The number of nitrogens with one attached hydrogen (secondary N) is 1. The minimum atomic E-state index is -1.62. The van der Waals surface area contributed by atoms with Crippen LogP contribution in [0.3, 0.4) is 0 Å². The van der Waals surface area contributed by atoms with E-state index in [9.17, 15) is 27.5 Å². The molecule has 0 aliphatic carbocycles. The number of rotatable bonds is 4. The van der Waals surface area contributed by atoms with E-state index in [1.54, 1.807) is 29.3 Å². The highest BCUT2D eigenvalue weighted by atomic mass is 32.1. The van der Waals surface area contributed by atoms with Gasteiger partial charge < -0.3 is 9.84 Å². The molecule has 0 saturated carbocycles. The standard InChI is InChI=1S/C25H19F4N3O3S/c1-25(2,34)19-21-22(18(15(28)11-30-21)13-9-12(26)10-14(27)20(13)29)36-23(19)24(33)31-32-7-8-35-17-6-4-3-5-16(17)32/h3-6,9-11,34H,7-8H2,1-2H3,(H,31,33). The van der Waals surface area contributed by atoms with Crippen LogP contribution in [0.15, 0.2) is 42.6 Å². The van der Waals surface area contributed by atoms with Crippen molar-refractivity contribution in [3.8, 4) is 16.9 Å². The first-order valence-corrected chi connectivity index (χ1v) is 11.7. The van der Waals surface area contributed by atoms with Crippen LogP contribution in [0.25, 0.3) is 21.3 Å². The van der Waals surface area contributed by atoms with Crippen molar-refractivity contribution in [3.63, 3.8) is 0 Å². The van der Waals surface area contributed by atoms with Crippen LogP contribution >= 0.6 is 11.3 Å². The average Bonchev–Trinajstić information content (AvgIpc) is 3.22. The summed E-state index contributed by atoms with van der Waals surface area (Å²) in [5.74, 6) is -5.14. The van der Waals surface area contributed by atoms with Gasteiger partial charge in [-0.15, -0.1) is 11.3 Å². The maximum atomic E-state index is 15.0. The Morgan fingerprint density at radius 3 is 2.67 bits per heavy atom. The molecule has 0 bridgehead atoms. The number of para-hydroxylation sites is 2. The highest BCUT2D eigenvalue weighted by Crippen LogP contribution is 2.43. The summed E-state index contributed by atoms with van der Waals surface area (Å²) in [6.45, 7) is 3.48. The zero-order valence-corrected chi connectivity index (χ0v) is 19.9. The van der Waals surface area contributed by atoms with Crippen LogP contribution in [0.5, 0.6) is 5.75 Å². The van der Waals surface area contributed by atoms with Crippen molar-refractivity contribution in [2.45, 2.75) is 19.4 Å². The van der Waals surface area contributed by atoms with Gasteiger partial charge in [0.2, 0.25) is 0 Å². The molecule has 5 rings (SSSR count). The molecule has 3 heterocycles. The lowest BCUT2D eigenvalue weighted by atomic mass is 9.95. The molecule has 0 saturated heterocycles. The van der Waals surface area contributed by atoms with Crippen molar-refractivity contribution in [3.05, 3.63) is 76.3 Å². The van der Waals surface area contributed by atoms with Crippen LogP contribution < -0.4 is 15.2 Å². The van der Waals surface area contributed by atoms with E-state index in [-0.39, 0.29) is 20.7 Å². The van der Waals surface area contributed by atoms with Crippen LogP contribution in [0.4, 0.5) is 23.2 Å². The number of amides is 1. The van der Waals surface area contributed by atoms with Gasteiger partial charge in [-0.2, -0.15) is 0 Å². The second kappa shape index (κ2) is 8.75. The summed E-state index contributed by atoms with van der Waals surface area (Å²) in [5.41, 5.74) is 0.729. The summed E-state index contributed by atoms with van der Waals surface area (Å²) >= 11 is 0.741. The van der Waals surface area contributed by atoms with E-state index >= 15 is 0 Å². The molecule has 36 heavy (non-hydrogen) atoms. The largest absolute Gasteiger partial charge is 0.489 e. The van der Waals surface area contributed by atoms with Crippen molar-refractivity contribution in [2.24, 2.45) is 0 Å². The maximum absolute atomic E-state index is 15.0. The Morgan fingerprint density at radius 1 is 1.17 bits per heavy atom. The van der Waals surface area contributed by atoms with Crippen molar-refractivity contribution in [1.29, 1.82) is 0 Å². The number of ether oxygens (including phenoxy) is 1. The van der Waals surface area contributed by atoms with Crippen molar-refractivity contribution in [2.75, 3.05) is 18.2 Å². The normalized spacial score (nSPS) is 13.5. The van der Waals surface area contributed by atoms with Crippen LogP contribution in [-0.2, 0) is 5.60 Å². The number of hydrogen-bond donors (Lipinski definition) is 2. The molecular formula is C25H19F4N3O3S. The number of aliphatic hydroxyl groups is 1. The molecule has 0 unspecified atom stereocenters. The molecule has 0 spiro atoms. The maximum Gasteiger partial charge on any atom is 0.280 e. The molecule has 4 aromatic rings. The fraction of sp³-hybridized carbons (Fsp3) is 0.200. The number of nitrogens with zero attached hydrogens (tertiary/aromatic N) is 2. The molecule has 11 heteroatoms. The van der Waals surface area contributed by atoms with Crippen LogP contribution in [0.2, 0.25) is 0 Å². The van der Waals surface area contributed by atoms with E-state index in [1.165, 1.54) is 13.8 Å². The van der Waals surface area contributed by atoms with E-state index < -0.39 is 45.9 Å². The lowest BCUT2D eigenvalue weighted by Gasteiger charge is -2.31. The van der Waals surface area contributed by atoms with Crippen LogP contribution in [0, 0.1) is 23.3 Å². The third-order valence-corrected chi connectivity index (χ3v) is 6.90.